The Morgan fingerprint density at radius 2 is 1.88 bits per heavy atom. The summed E-state index contributed by atoms with van der Waals surface area (Å²) in [7, 11) is 0. The number of rotatable bonds is 5. The molecule has 3 fully saturated rings. The fourth-order valence-electron chi connectivity index (χ4n) is 3.86. The Bertz CT molecular complexity index is 493. The molecule has 7 nitrogen and oxygen atoms in total. The van der Waals surface area contributed by atoms with Crippen LogP contribution >= 0.6 is 0 Å². The number of halogens is 3. The molecule has 0 radical (unpaired) electrons. The largest absolute Gasteiger partial charge is 0.391 e. The zero-order valence-electron chi connectivity index (χ0n) is 14.6. The van der Waals surface area contributed by atoms with Gasteiger partial charge >= 0.3 is 6.18 Å². The van der Waals surface area contributed by atoms with Crippen LogP contribution in [-0.4, -0.2) is 50.2 Å². The Hall–Kier alpha value is -0.960. The summed E-state index contributed by atoms with van der Waals surface area (Å²) in [6.45, 7) is 1.42. The number of nitriles is 1. The zero-order valence-corrected chi connectivity index (χ0v) is 14.6. The summed E-state index contributed by atoms with van der Waals surface area (Å²) < 4.78 is 44.5. The molecule has 0 bridgehead atoms. The Morgan fingerprint density at radius 1 is 1.08 bits per heavy atom. The molecule has 2 aliphatic heterocycles. The third kappa shape index (κ3) is 5.52. The third-order valence-electron chi connectivity index (χ3n) is 5.24. The second-order valence-electron chi connectivity index (χ2n) is 7.24. The summed E-state index contributed by atoms with van der Waals surface area (Å²) in [5, 5.41) is 25.0. The fourth-order valence-corrected chi connectivity index (χ4v) is 3.86. The smallest absolute Gasteiger partial charge is 0.377 e. The molecule has 10 heteroatoms. The molecule has 0 spiro atoms. The average molecular weight is 376 g/mol. The highest BCUT2D eigenvalue weighted by atomic mass is 19.4. The van der Waals surface area contributed by atoms with Gasteiger partial charge in [0, 0.05) is 19.2 Å². The van der Waals surface area contributed by atoms with Gasteiger partial charge in [-0.15, -0.1) is 0 Å². The molecule has 148 valence electrons. The van der Waals surface area contributed by atoms with Crippen LogP contribution in [0.4, 0.5) is 13.2 Å². The van der Waals surface area contributed by atoms with Crippen LogP contribution in [0.3, 0.4) is 0 Å². The van der Waals surface area contributed by atoms with E-state index in [4.69, 9.17) is 4.74 Å². The Kier molecular flexibility index (Phi) is 6.71. The van der Waals surface area contributed by atoms with Crippen LogP contribution < -0.4 is 26.6 Å². The molecular weight excluding hydrogens is 349 g/mol. The first-order chi connectivity index (χ1) is 12.4. The third-order valence-corrected chi connectivity index (χ3v) is 5.24. The lowest BCUT2D eigenvalue weighted by Crippen LogP contribution is -2.75. The van der Waals surface area contributed by atoms with Crippen molar-refractivity contribution in [3.63, 3.8) is 0 Å². The maximum absolute atomic E-state index is 13.0. The van der Waals surface area contributed by atoms with E-state index in [2.05, 4.69) is 32.7 Å². The highest BCUT2D eigenvalue weighted by Crippen LogP contribution is 2.37. The lowest BCUT2D eigenvalue weighted by molar-refractivity contribution is -0.184. The van der Waals surface area contributed by atoms with Crippen molar-refractivity contribution in [2.75, 3.05) is 13.2 Å². The van der Waals surface area contributed by atoms with Crippen molar-refractivity contribution < 1.29 is 17.9 Å². The average Bonchev–Trinajstić information content (AvgIpc) is 3.13. The van der Waals surface area contributed by atoms with Gasteiger partial charge in [0.05, 0.1) is 18.1 Å². The minimum absolute atomic E-state index is 0.0714. The van der Waals surface area contributed by atoms with Crippen LogP contribution in [0.15, 0.2) is 0 Å². The maximum Gasteiger partial charge on any atom is 0.391 e. The summed E-state index contributed by atoms with van der Waals surface area (Å²) in [5.41, 5.74) is 0. The van der Waals surface area contributed by atoms with Gasteiger partial charge in [0.2, 0.25) is 0 Å². The Balaban J connectivity index is 1.50. The highest BCUT2D eigenvalue weighted by molar-refractivity contribution is 4.95. The molecule has 3 rings (SSSR count). The van der Waals surface area contributed by atoms with Gasteiger partial charge in [-0.05, 0) is 32.1 Å². The molecule has 1 aliphatic carbocycles. The number of alkyl halides is 3. The number of hydrogen-bond acceptors (Lipinski definition) is 7. The predicted octanol–water partition coefficient (Wildman–Crippen LogP) is 0.665. The first kappa shape index (κ1) is 19.8. The van der Waals surface area contributed by atoms with Gasteiger partial charge in [0.25, 0.3) is 0 Å². The van der Waals surface area contributed by atoms with Gasteiger partial charge in [-0.2, -0.15) is 18.4 Å². The van der Waals surface area contributed by atoms with Crippen LogP contribution in [0.1, 0.15) is 38.5 Å². The molecule has 0 amide bonds. The SMILES string of the molecule is N#CC1NC(NCC2CCCO2)NC(NC2CCCC(C(F)(F)F)C2)N1. The number of nitrogens with zero attached hydrogens (tertiary/aromatic N) is 1. The minimum atomic E-state index is -4.14. The van der Waals surface area contributed by atoms with Crippen LogP contribution in [0, 0.1) is 17.2 Å². The normalized spacial score (nSPS) is 38.8. The van der Waals surface area contributed by atoms with E-state index in [0.29, 0.717) is 19.4 Å². The second kappa shape index (κ2) is 8.82. The van der Waals surface area contributed by atoms with E-state index in [0.717, 1.165) is 19.4 Å². The first-order valence-corrected chi connectivity index (χ1v) is 9.29. The van der Waals surface area contributed by atoms with Gasteiger partial charge < -0.3 is 4.74 Å². The molecule has 6 atom stereocenters. The molecular formula is C16H27F3N6O. The maximum atomic E-state index is 13.0. The van der Waals surface area contributed by atoms with Gasteiger partial charge in [0.15, 0.2) is 6.17 Å². The Labute approximate surface area is 151 Å². The molecule has 1 saturated carbocycles. The van der Waals surface area contributed by atoms with Crippen molar-refractivity contribution in [3.05, 3.63) is 0 Å². The number of ether oxygens (including phenoxy) is 1. The molecule has 0 aromatic carbocycles. The lowest BCUT2D eigenvalue weighted by atomic mass is 9.85. The molecule has 26 heavy (non-hydrogen) atoms. The number of nitrogens with one attached hydrogen (secondary N) is 5. The Morgan fingerprint density at radius 3 is 2.58 bits per heavy atom. The standard InChI is InChI=1S/C16H27F3N6O/c17-16(18,19)10-3-1-4-11(7-10)22-15-24-13(8-20)23-14(25-15)21-9-12-5-2-6-26-12/h10-15,21-25H,1-7,9H2. The van der Waals surface area contributed by atoms with E-state index in [-0.39, 0.29) is 31.3 Å². The minimum Gasteiger partial charge on any atom is -0.377 e. The highest BCUT2D eigenvalue weighted by Gasteiger charge is 2.42. The second-order valence-corrected chi connectivity index (χ2v) is 7.24. The van der Waals surface area contributed by atoms with E-state index >= 15 is 0 Å². The van der Waals surface area contributed by atoms with Crippen LogP contribution in [0.25, 0.3) is 0 Å². The molecule has 0 aromatic rings. The molecule has 3 aliphatic rings. The first-order valence-electron chi connectivity index (χ1n) is 9.29. The molecule has 0 aromatic heterocycles. The van der Waals surface area contributed by atoms with E-state index in [9.17, 15) is 18.4 Å². The van der Waals surface area contributed by atoms with Crippen LogP contribution in [-0.2, 0) is 4.74 Å². The molecule has 2 saturated heterocycles. The van der Waals surface area contributed by atoms with Gasteiger partial charge in [-0.25, -0.2) is 0 Å². The zero-order chi connectivity index (χ0) is 18.6. The topological polar surface area (TPSA) is 93.2 Å². The van der Waals surface area contributed by atoms with Crippen molar-refractivity contribution in [2.24, 2.45) is 5.92 Å². The lowest BCUT2D eigenvalue weighted by Gasteiger charge is -2.40. The van der Waals surface area contributed by atoms with Crippen molar-refractivity contribution in [3.8, 4) is 6.07 Å². The fraction of sp³-hybridized carbons (Fsp3) is 0.938. The van der Waals surface area contributed by atoms with Crippen LogP contribution in [0.5, 0.6) is 0 Å². The van der Waals surface area contributed by atoms with Crippen molar-refractivity contribution >= 4 is 0 Å². The summed E-state index contributed by atoms with van der Waals surface area (Å²) in [6, 6.07) is 1.87. The van der Waals surface area contributed by atoms with Crippen LogP contribution in [0.2, 0.25) is 0 Å². The molecule has 6 unspecified atom stereocenters. The van der Waals surface area contributed by atoms with Gasteiger partial charge in [-0.3, -0.25) is 26.6 Å². The van der Waals surface area contributed by atoms with E-state index in [1.165, 1.54) is 0 Å². The van der Waals surface area contributed by atoms with Gasteiger partial charge in [0.1, 0.15) is 12.6 Å². The van der Waals surface area contributed by atoms with E-state index in [1.807, 2.05) is 0 Å². The van der Waals surface area contributed by atoms with Gasteiger partial charge in [-0.1, -0.05) is 6.42 Å². The van der Waals surface area contributed by atoms with E-state index in [1.54, 1.807) is 0 Å². The summed E-state index contributed by atoms with van der Waals surface area (Å²) >= 11 is 0. The number of hydrogen-bond donors (Lipinski definition) is 5. The molecule has 5 N–H and O–H groups in total. The molecule has 2 heterocycles. The van der Waals surface area contributed by atoms with Crippen molar-refractivity contribution in [1.82, 2.24) is 26.6 Å². The summed E-state index contributed by atoms with van der Waals surface area (Å²) in [5.74, 6) is -1.25. The van der Waals surface area contributed by atoms with Crippen molar-refractivity contribution in [1.29, 1.82) is 5.26 Å². The van der Waals surface area contributed by atoms with Crippen molar-refractivity contribution in [2.45, 2.75) is 75.6 Å². The quantitative estimate of drug-likeness (QED) is 0.481. The van der Waals surface area contributed by atoms with E-state index < -0.39 is 24.5 Å². The summed E-state index contributed by atoms with van der Waals surface area (Å²) in [4.78, 5) is 0. The monoisotopic (exact) mass is 376 g/mol. The predicted molar refractivity (Wildman–Crippen MR) is 88.3 cm³/mol. The summed E-state index contributed by atoms with van der Waals surface area (Å²) in [6.07, 6.45) is -1.79.